The minimum Gasteiger partial charge on any atom is -0.389 e. The lowest BCUT2D eigenvalue weighted by Gasteiger charge is -2.44. The van der Waals surface area contributed by atoms with E-state index >= 15 is 0 Å². The first kappa shape index (κ1) is 24.1. The van der Waals surface area contributed by atoms with Crippen molar-refractivity contribution in [1.82, 2.24) is 15.2 Å². The van der Waals surface area contributed by atoms with Gasteiger partial charge in [-0.05, 0) is 49.1 Å². The second-order valence-electron chi connectivity index (χ2n) is 8.74. The van der Waals surface area contributed by atoms with Gasteiger partial charge in [-0.25, -0.2) is 4.79 Å². The zero-order valence-electron chi connectivity index (χ0n) is 19.1. The Bertz CT molecular complexity index is 929. The van der Waals surface area contributed by atoms with Gasteiger partial charge in [-0.2, -0.15) is 0 Å². The number of anilines is 1. The Balaban J connectivity index is 1.31. The quantitative estimate of drug-likeness (QED) is 0.598. The van der Waals surface area contributed by atoms with Crippen molar-refractivity contribution < 1.29 is 24.2 Å². The van der Waals surface area contributed by atoms with E-state index < -0.39 is 6.10 Å². The van der Waals surface area contributed by atoms with Crippen molar-refractivity contribution in [3.63, 3.8) is 0 Å². The zero-order valence-corrected chi connectivity index (χ0v) is 19.1. The monoisotopic (exact) mass is 468 g/mol. The van der Waals surface area contributed by atoms with Gasteiger partial charge in [0.25, 0.3) is 0 Å². The molecule has 2 aliphatic heterocycles. The lowest BCUT2D eigenvalue weighted by Crippen LogP contribution is -2.58. The molecule has 3 amide bonds. The van der Waals surface area contributed by atoms with Crippen LogP contribution in [0.2, 0.25) is 0 Å². The number of aromatic nitrogens is 1. The predicted octanol–water partition coefficient (Wildman–Crippen LogP) is 1.97. The van der Waals surface area contributed by atoms with E-state index in [0.717, 1.165) is 12.0 Å². The molecule has 1 aromatic heterocycles. The number of hydrogen-bond acceptors (Lipinski definition) is 6. The molecule has 3 heterocycles. The van der Waals surface area contributed by atoms with E-state index in [1.54, 1.807) is 17.3 Å². The molecule has 2 saturated heterocycles. The Morgan fingerprint density at radius 3 is 2.68 bits per heavy atom. The number of carbonyl (C=O) groups is 2. The Kier molecular flexibility index (Phi) is 8.46. The Morgan fingerprint density at radius 1 is 1.09 bits per heavy atom. The van der Waals surface area contributed by atoms with E-state index in [1.807, 2.05) is 42.5 Å². The number of urea groups is 1. The summed E-state index contributed by atoms with van der Waals surface area (Å²) in [5.74, 6) is -0.0571. The van der Waals surface area contributed by atoms with Crippen LogP contribution in [-0.2, 0) is 20.7 Å². The molecule has 2 aliphatic rings. The highest BCUT2D eigenvalue weighted by Crippen LogP contribution is 2.28. The largest absolute Gasteiger partial charge is 0.389 e. The summed E-state index contributed by atoms with van der Waals surface area (Å²) >= 11 is 0. The molecule has 9 heteroatoms. The van der Waals surface area contributed by atoms with E-state index in [4.69, 9.17) is 9.47 Å². The second kappa shape index (κ2) is 11.9. The van der Waals surface area contributed by atoms with Gasteiger partial charge in [0.2, 0.25) is 5.91 Å². The van der Waals surface area contributed by atoms with Gasteiger partial charge in [0.05, 0.1) is 44.4 Å². The van der Waals surface area contributed by atoms with Crippen molar-refractivity contribution in [2.24, 2.45) is 0 Å². The van der Waals surface area contributed by atoms with Crippen LogP contribution in [0.1, 0.15) is 24.8 Å². The molecule has 0 saturated carbocycles. The lowest BCUT2D eigenvalue weighted by atomic mass is 9.95. The van der Waals surface area contributed by atoms with Gasteiger partial charge in [-0.3, -0.25) is 9.78 Å². The summed E-state index contributed by atoms with van der Waals surface area (Å²) in [6.07, 6.45) is 4.41. The smallest absolute Gasteiger partial charge is 0.322 e. The summed E-state index contributed by atoms with van der Waals surface area (Å²) in [6, 6.07) is 12.6. The van der Waals surface area contributed by atoms with Gasteiger partial charge in [-0.15, -0.1) is 0 Å². The molecule has 0 spiro atoms. The molecule has 2 aromatic rings. The van der Waals surface area contributed by atoms with Crippen LogP contribution in [0.5, 0.6) is 0 Å². The number of rotatable bonds is 6. The number of ether oxygens (including phenoxy) is 2. The van der Waals surface area contributed by atoms with Crippen LogP contribution in [-0.4, -0.2) is 77.6 Å². The van der Waals surface area contributed by atoms with E-state index in [0.29, 0.717) is 25.1 Å². The second-order valence-corrected chi connectivity index (χ2v) is 8.74. The molecular formula is C25H32N4O5. The number of para-hydroxylation sites is 1. The molecular weight excluding hydrogens is 436 g/mol. The lowest BCUT2D eigenvalue weighted by molar-refractivity contribution is -0.149. The molecule has 1 aromatic carbocycles. The van der Waals surface area contributed by atoms with E-state index in [9.17, 15) is 14.7 Å². The van der Waals surface area contributed by atoms with E-state index in [1.165, 1.54) is 0 Å². The summed E-state index contributed by atoms with van der Waals surface area (Å²) in [5.41, 5.74) is 1.81. The van der Waals surface area contributed by atoms with Crippen LogP contribution in [0.3, 0.4) is 0 Å². The number of nitrogens with zero attached hydrogens (tertiary/aromatic N) is 2. The molecule has 182 valence electrons. The molecule has 4 rings (SSSR count). The molecule has 0 aliphatic carbocycles. The van der Waals surface area contributed by atoms with Crippen molar-refractivity contribution in [1.29, 1.82) is 0 Å². The topological polar surface area (TPSA) is 113 Å². The number of nitrogens with one attached hydrogen (secondary N) is 2. The fourth-order valence-corrected chi connectivity index (χ4v) is 4.47. The number of amides is 3. The van der Waals surface area contributed by atoms with Crippen molar-refractivity contribution in [3.05, 3.63) is 60.4 Å². The summed E-state index contributed by atoms with van der Waals surface area (Å²) in [6.45, 7) is 1.10. The first-order valence-corrected chi connectivity index (χ1v) is 11.8. The van der Waals surface area contributed by atoms with Crippen molar-refractivity contribution in [2.75, 3.05) is 31.6 Å². The number of aliphatic hydroxyl groups excluding tert-OH is 1. The van der Waals surface area contributed by atoms with Crippen LogP contribution in [0.4, 0.5) is 10.5 Å². The van der Waals surface area contributed by atoms with Crippen molar-refractivity contribution >= 4 is 17.6 Å². The molecule has 9 nitrogen and oxygen atoms in total. The summed E-state index contributed by atoms with van der Waals surface area (Å²) in [5, 5.41) is 16.1. The maximum absolute atomic E-state index is 13.1. The number of hydrogen-bond donors (Lipinski definition) is 3. The average molecular weight is 469 g/mol. The fourth-order valence-electron chi connectivity index (χ4n) is 4.47. The number of pyridine rings is 1. The van der Waals surface area contributed by atoms with E-state index in [2.05, 4.69) is 15.6 Å². The highest BCUT2D eigenvalue weighted by molar-refractivity contribution is 5.89. The van der Waals surface area contributed by atoms with Crippen LogP contribution >= 0.6 is 0 Å². The Hall–Kier alpha value is -3.01. The molecule has 2 fully saturated rings. The van der Waals surface area contributed by atoms with Gasteiger partial charge in [0.15, 0.2) is 0 Å². The number of aliphatic hydroxyl groups is 1. The van der Waals surface area contributed by atoms with Gasteiger partial charge in [-0.1, -0.05) is 18.2 Å². The van der Waals surface area contributed by atoms with Crippen LogP contribution in [0.15, 0.2) is 54.9 Å². The van der Waals surface area contributed by atoms with Crippen LogP contribution in [0.25, 0.3) is 0 Å². The number of fused-ring (bicyclic) bond motifs is 1. The summed E-state index contributed by atoms with van der Waals surface area (Å²) in [4.78, 5) is 31.2. The van der Waals surface area contributed by atoms with Gasteiger partial charge in [0.1, 0.15) is 6.10 Å². The van der Waals surface area contributed by atoms with Gasteiger partial charge in [0, 0.05) is 24.6 Å². The van der Waals surface area contributed by atoms with Gasteiger partial charge < -0.3 is 30.1 Å². The van der Waals surface area contributed by atoms with Crippen molar-refractivity contribution in [3.8, 4) is 0 Å². The van der Waals surface area contributed by atoms with Gasteiger partial charge >= 0.3 is 6.03 Å². The van der Waals surface area contributed by atoms with E-state index in [-0.39, 0.29) is 56.4 Å². The Morgan fingerprint density at radius 2 is 1.88 bits per heavy atom. The Labute approximate surface area is 199 Å². The third kappa shape index (κ3) is 6.75. The van der Waals surface area contributed by atoms with Crippen LogP contribution in [0, 0.1) is 0 Å². The standard InChI is InChI=1S/C25H32N4O5/c30-20-15-29(25(32)28-19-4-2-1-3-5-19)22-7-6-21(34-23(22)17-33-16-20)14-24(31)27-13-10-18-8-11-26-12-9-18/h1-5,8-9,11-12,20-23,30H,6-7,10,13-17H2,(H,27,31)(H,28,32)/t20-,21-,22+,23-/m1/s1. The first-order valence-electron chi connectivity index (χ1n) is 11.8. The fraction of sp³-hybridized carbons (Fsp3) is 0.480. The van der Waals surface area contributed by atoms with Crippen LogP contribution < -0.4 is 10.6 Å². The minimum atomic E-state index is -0.772. The maximum Gasteiger partial charge on any atom is 0.322 e. The molecule has 34 heavy (non-hydrogen) atoms. The zero-order chi connectivity index (χ0) is 23.8. The third-order valence-electron chi connectivity index (χ3n) is 6.17. The molecule has 0 unspecified atom stereocenters. The maximum atomic E-state index is 13.1. The first-order chi connectivity index (χ1) is 16.6. The summed E-state index contributed by atoms with van der Waals surface area (Å²) < 4.78 is 11.9. The highest BCUT2D eigenvalue weighted by atomic mass is 16.5. The molecule has 4 atom stereocenters. The normalized spacial score (nSPS) is 24.9. The average Bonchev–Trinajstić information content (AvgIpc) is 2.83. The number of benzene rings is 1. The predicted molar refractivity (Wildman–Crippen MR) is 126 cm³/mol. The third-order valence-corrected chi connectivity index (χ3v) is 6.17. The number of carbonyl (C=O) groups excluding carboxylic acids is 2. The highest BCUT2D eigenvalue weighted by Gasteiger charge is 2.40. The molecule has 3 N–H and O–H groups in total. The SMILES string of the molecule is O=C(C[C@H]1CC[C@H]2[C@@H](COC[C@H](O)CN2C(=O)Nc2ccccc2)O1)NCCc1ccncc1. The van der Waals surface area contributed by atoms with Crippen molar-refractivity contribution in [2.45, 2.75) is 50.0 Å². The summed E-state index contributed by atoms with van der Waals surface area (Å²) in [7, 11) is 0. The minimum absolute atomic E-state index is 0.0571. The molecule has 0 radical (unpaired) electrons. The molecule has 0 bridgehead atoms. The number of β-amino-alcohol motifs (C(OH)–C–C–N with tert-alkyl or cyclic N) is 1.